The third-order valence-corrected chi connectivity index (χ3v) is 3.71. The summed E-state index contributed by atoms with van der Waals surface area (Å²) in [5.41, 5.74) is 1.25. The van der Waals surface area contributed by atoms with Crippen LogP contribution in [-0.2, 0) is 4.74 Å². The molecule has 92 valence electrons. The summed E-state index contributed by atoms with van der Waals surface area (Å²) in [6.45, 7) is 3.59. The van der Waals surface area contributed by atoms with Crippen molar-refractivity contribution in [3.63, 3.8) is 0 Å². The zero-order chi connectivity index (χ0) is 12.1. The number of ether oxygens (including phenoxy) is 2. The van der Waals surface area contributed by atoms with Gasteiger partial charge in [-0.3, -0.25) is 0 Å². The van der Waals surface area contributed by atoms with Crippen LogP contribution in [0, 0.1) is 0 Å². The van der Waals surface area contributed by atoms with Crippen molar-refractivity contribution in [2.45, 2.75) is 0 Å². The van der Waals surface area contributed by atoms with E-state index in [0.29, 0.717) is 0 Å². The molecule has 0 unspecified atom stereocenters. The van der Waals surface area contributed by atoms with Crippen LogP contribution >= 0.6 is 11.8 Å². The Balaban J connectivity index is 2.27. The minimum absolute atomic E-state index is 0.820. The van der Waals surface area contributed by atoms with E-state index in [0.717, 1.165) is 32.1 Å². The average Bonchev–Trinajstić information content (AvgIpc) is 2.42. The van der Waals surface area contributed by atoms with Crippen LogP contribution < -0.4 is 4.74 Å². The third-order valence-electron chi connectivity index (χ3n) is 2.83. The van der Waals surface area contributed by atoms with Gasteiger partial charge in [-0.1, -0.05) is 11.8 Å². The molecule has 2 rings (SSSR count). The van der Waals surface area contributed by atoms with Gasteiger partial charge in [0.1, 0.15) is 19.0 Å². The maximum Gasteiger partial charge on any atom is 0.241 e. The van der Waals surface area contributed by atoms with Gasteiger partial charge < -0.3 is 9.47 Å². The first-order valence-corrected chi connectivity index (χ1v) is 6.95. The fraction of sp³-hybridized carbons (Fsp3) is 0.462. The van der Waals surface area contributed by atoms with E-state index in [-0.39, 0.29) is 0 Å². The number of morpholine rings is 1. The van der Waals surface area contributed by atoms with Gasteiger partial charge in [0, 0.05) is 0 Å². The summed E-state index contributed by atoms with van der Waals surface area (Å²) in [6.07, 6.45) is 2.12. The Hall–Kier alpha value is -1.00. The Bertz CT molecular complexity index is 392. The van der Waals surface area contributed by atoms with E-state index in [1.807, 2.05) is 12.1 Å². The van der Waals surface area contributed by atoms with E-state index in [2.05, 4.69) is 23.0 Å². The van der Waals surface area contributed by atoms with Crippen molar-refractivity contribution < 1.29 is 14.0 Å². The quantitative estimate of drug-likeness (QED) is 0.592. The van der Waals surface area contributed by atoms with Crippen LogP contribution in [0.3, 0.4) is 0 Å². The number of methoxy groups -OCH3 is 1. The van der Waals surface area contributed by atoms with Crippen LogP contribution in [0.2, 0.25) is 0 Å². The molecule has 17 heavy (non-hydrogen) atoms. The zero-order valence-corrected chi connectivity index (χ0v) is 11.1. The summed E-state index contributed by atoms with van der Waals surface area (Å²) in [4.78, 5) is 0. The van der Waals surface area contributed by atoms with E-state index in [1.165, 1.54) is 10.6 Å². The predicted octanol–water partition coefficient (Wildman–Crippen LogP) is 1.85. The van der Waals surface area contributed by atoms with Crippen LogP contribution in [0.4, 0.5) is 0 Å². The second-order valence-corrected chi connectivity index (χ2v) is 4.63. The van der Waals surface area contributed by atoms with Crippen molar-refractivity contribution in [3.8, 4) is 5.75 Å². The van der Waals surface area contributed by atoms with Crippen molar-refractivity contribution in [2.24, 2.45) is 0 Å². The van der Waals surface area contributed by atoms with Crippen LogP contribution in [0.5, 0.6) is 5.75 Å². The van der Waals surface area contributed by atoms with E-state index in [4.69, 9.17) is 9.47 Å². The molecule has 3 nitrogen and oxygen atoms in total. The molecule has 0 spiro atoms. The Morgan fingerprint density at radius 2 is 1.88 bits per heavy atom. The summed E-state index contributed by atoms with van der Waals surface area (Å²) in [5, 5.41) is 1.32. The topological polar surface area (TPSA) is 21.5 Å². The number of rotatable bonds is 2. The lowest BCUT2D eigenvalue weighted by Gasteiger charge is -2.14. The normalized spacial score (nSPS) is 15.8. The maximum atomic E-state index is 5.38. The smallest absolute Gasteiger partial charge is 0.241 e. The highest BCUT2D eigenvalue weighted by Crippen LogP contribution is 2.16. The maximum absolute atomic E-state index is 5.38. The molecule has 0 N–H and O–H groups in total. The highest BCUT2D eigenvalue weighted by Gasteiger charge is 2.19. The second-order valence-electron chi connectivity index (χ2n) is 3.84. The van der Waals surface area contributed by atoms with E-state index in [9.17, 15) is 0 Å². The molecule has 0 saturated carbocycles. The Labute approximate surface area is 106 Å². The van der Waals surface area contributed by atoms with E-state index < -0.39 is 0 Å². The van der Waals surface area contributed by atoms with Crippen LogP contribution in [0.25, 0.3) is 0 Å². The molecule has 4 heteroatoms. The van der Waals surface area contributed by atoms with Crippen molar-refractivity contribution in [1.29, 1.82) is 0 Å². The molecule has 0 bridgehead atoms. The number of nitrogens with zero attached hydrogens (tertiary/aromatic N) is 1. The lowest BCUT2D eigenvalue weighted by Crippen LogP contribution is -2.32. The number of hydrogen-bond acceptors (Lipinski definition) is 3. The fourth-order valence-corrected chi connectivity index (χ4v) is 2.74. The van der Waals surface area contributed by atoms with Gasteiger partial charge in [0.25, 0.3) is 0 Å². The van der Waals surface area contributed by atoms with Gasteiger partial charge in [-0.2, -0.15) is 0 Å². The van der Waals surface area contributed by atoms with Gasteiger partial charge in [-0.05, 0) is 30.5 Å². The Kier molecular flexibility index (Phi) is 4.45. The molecule has 1 heterocycles. The molecule has 1 fully saturated rings. The first kappa shape index (κ1) is 12.5. The first-order chi connectivity index (χ1) is 8.35. The number of thioether (sulfide) groups is 1. The van der Waals surface area contributed by atoms with Gasteiger partial charge >= 0.3 is 0 Å². The standard InChI is InChI=1S/C13H18NO2S/c1-15-12-5-3-11(4-6-12)13(17-2)14-7-9-16-10-8-14/h3-6H,7-10H2,1-2H3/q+1. The summed E-state index contributed by atoms with van der Waals surface area (Å²) in [5.74, 6) is 0.899. The molecule has 1 saturated heterocycles. The summed E-state index contributed by atoms with van der Waals surface area (Å²) >= 11 is 1.79. The molecule has 0 amide bonds. The molecule has 1 aliphatic rings. The van der Waals surface area contributed by atoms with Crippen LogP contribution in [-0.4, -0.2) is 49.3 Å². The van der Waals surface area contributed by atoms with Gasteiger partial charge in [-0.15, -0.1) is 0 Å². The van der Waals surface area contributed by atoms with Gasteiger partial charge in [-0.25, -0.2) is 4.58 Å². The van der Waals surface area contributed by atoms with Crippen molar-refractivity contribution >= 4 is 16.8 Å². The van der Waals surface area contributed by atoms with Gasteiger partial charge in [0.05, 0.1) is 12.7 Å². The molecule has 1 aliphatic heterocycles. The third kappa shape index (κ3) is 3.01. The van der Waals surface area contributed by atoms with Crippen molar-refractivity contribution in [1.82, 2.24) is 0 Å². The molecule has 0 atom stereocenters. The second kappa shape index (κ2) is 6.07. The zero-order valence-electron chi connectivity index (χ0n) is 10.3. The molecule has 0 aliphatic carbocycles. The Morgan fingerprint density at radius 3 is 2.41 bits per heavy atom. The van der Waals surface area contributed by atoms with Crippen LogP contribution in [0.1, 0.15) is 5.56 Å². The predicted molar refractivity (Wildman–Crippen MR) is 71.4 cm³/mol. The lowest BCUT2D eigenvalue weighted by molar-refractivity contribution is -0.546. The van der Waals surface area contributed by atoms with Crippen LogP contribution in [0.15, 0.2) is 24.3 Å². The Morgan fingerprint density at radius 1 is 1.24 bits per heavy atom. The lowest BCUT2D eigenvalue weighted by atomic mass is 10.2. The number of benzene rings is 1. The molecule has 0 aromatic heterocycles. The summed E-state index contributed by atoms with van der Waals surface area (Å²) in [6, 6.07) is 8.23. The fourth-order valence-electron chi connectivity index (χ4n) is 1.93. The van der Waals surface area contributed by atoms with E-state index in [1.54, 1.807) is 18.9 Å². The monoisotopic (exact) mass is 252 g/mol. The van der Waals surface area contributed by atoms with Crippen molar-refractivity contribution in [3.05, 3.63) is 29.8 Å². The molecule has 1 aromatic rings. The largest absolute Gasteiger partial charge is 0.497 e. The number of hydrogen-bond donors (Lipinski definition) is 0. The highest BCUT2D eigenvalue weighted by atomic mass is 32.2. The molecular weight excluding hydrogens is 234 g/mol. The van der Waals surface area contributed by atoms with Gasteiger partial charge in [0.2, 0.25) is 5.04 Å². The first-order valence-electron chi connectivity index (χ1n) is 5.73. The van der Waals surface area contributed by atoms with Gasteiger partial charge in [0.15, 0.2) is 13.1 Å². The molecular formula is C13H18NO2S+. The molecule has 1 aromatic carbocycles. The van der Waals surface area contributed by atoms with E-state index >= 15 is 0 Å². The van der Waals surface area contributed by atoms with Crippen molar-refractivity contribution in [2.75, 3.05) is 39.7 Å². The molecule has 0 radical (unpaired) electrons. The summed E-state index contributed by atoms with van der Waals surface area (Å²) < 4.78 is 12.9. The average molecular weight is 252 g/mol. The SMILES string of the molecule is COc1ccc(C(SC)=[N+]2CCOCC2)cc1. The summed E-state index contributed by atoms with van der Waals surface area (Å²) in [7, 11) is 1.69. The minimum Gasteiger partial charge on any atom is -0.497 e. The minimum atomic E-state index is 0.820. The highest BCUT2D eigenvalue weighted by molar-refractivity contribution is 8.13.